The molecule has 0 radical (unpaired) electrons. The summed E-state index contributed by atoms with van der Waals surface area (Å²) in [6.45, 7) is 6.85. The lowest BCUT2D eigenvalue weighted by Gasteiger charge is -2.00. The Hall–Kier alpha value is -0.300. The fourth-order valence-corrected chi connectivity index (χ4v) is 2.70. The van der Waals surface area contributed by atoms with Crippen LogP contribution in [0.5, 0.6) is 0 Å². The van der Waals surface area contributed by atoms with Gasteiger partial charge in [0.05, 0.1) is 6.10 Å². The molecule has 118 valence electrons. The number of unbranched alkanes of at least 4 members (excludes halogenated alkanes) is 7. The molecule has 0 saturated carbocycles. The molecular weight excluding hydrogens is 244 g/mol. The van der Waals surface area contributed by atoms with Crippen LogP contribution in [0.3, 0.4) is 0 Å². The van der Waals surface area contributed by atoms with Crippen molar-refractivity contribution in [2.75, 3.05) is 0 Å². The fourth-order valence-electron chi connectivity index (χ4n) is 2.70. The SMILES string of the molecule is CCCCCCCCCC[C@H]1O[C@H]1C=CCCC(C)C. The maximum absolute atomic E-state index is 5.70. The van der Waals surface area contributed by atoms with Gasteiger partial charge in [0.1, 0.15) is 6.10 Å². The van der Waals surface area contributed by atoms with Crippen molar-refractivity contribution < 1.29 is 4.74 Å². The molecule has 0 N–H and O–H groups in total. The summed E-state index contributed by atoms with van der Waals surface area (Å²) in [4.78, 5) is 0. The van der Waals surface area contributed by atoms with E-state index in [1.807, 2.05) is 0 Å². The van der Waals surface area contributed by atoms with Gasteiger partial charge < -0.3 is 4.74 Å². The van der Waals surface area contributed by atoms with Crippen molar-refractivity contribution in [3.05, 3.63) is 12.2 Å². The van der Waals surface area contributed by atoms with Crippen molar-refractivity contribution in [1.29, 1.82) is 0 Å². The highest BCUT2D eigenvalue weighted by Crippen LogP contribution is 2.29. The predicted molar refractivity (Wildman–Crippen MR) is 89.1 cm³/mol. The minimum atomic E-state index is 0.451. The van der Waals surface area contributed by atoms with Crippen LogP contribution in [0, 0.1) is 5.92 Å². The van der Waals surface area contributed by atoms with Crippen LogP contribution in [0.1, 0.15) is 91.4 Å². The Balaban J connectivity index is 1.83. The van der Waals surface area contributed by atoms with Crippen molar-refractivity contribution in [1.82, 2.24) is 0 Å². The third-order valence-corrected chi connectivity index (χ3v) is 4.20. The molecule has 0 bridgehead atoms. The second-order valence-corrected chi connectivity index (χ2v) is 6.80. The van der Waals surface area contributed by atoms with Gasteiger partial charge in [0.15, 0.2) is 0 Å². The first kappa shape index (κ1) is 17.8. The first-order valence-electron chi connectivity index (χ1n) is 9.06. The maximum Gasteiger partial charge on any atom is 0.102 e. The van der Waals surface area contributed by atoms with E-state index in [1.54, 1.807) is 0 Å². The summed E-state index contributed by atoms with van der Waals surface area (Å²) in [5, 5.41) is 0. The van der Waals surface area contributed by atoms with Gasteiger partial charge in [-0.25, -0.2) is 0 Å². The number of allylic oxidation sites excluding steroid dienone is 1. The number of ether oxygens (including phenoxy) is 1. The Morgan fingerprint density at radius 3 is 2.25 bits per heavy atom. The third-order valence-electron chi connectivity index (χ3n) is 4.20. The highest BCUT2D eigenvalue weighted by molar-refractivity contribution is 5.02. The van der Waals surface area contributed by atoms with Crippen LogP contribution in [0.4, 0.5) is 0 Å². The molecule has 0 unspecified atom stereocenters. The van der Waals surface area contributed by atoms with Crippen molar-refractivity contribution in [2.24, 2.45) is 5.92 Å². The summed E-state index contributed by atoms with van der Waals surface area (Å²) in [5.74, 6) is 0.813. The summed E-state index contributed by atoms with van der Waals surface area (Å²) in [5.41, 5.74) is 0. The number of hydrogen-bond acceptors (Lipinski definition) is 1. The monoisotopic (exact) mass is 280 g/mol. The minimum absolute atomic E-state index is 0.451. The zero-order valence-electron chi connectivity index (χ0n) is 14.1. The van der Waals surface area contributed by atoms with E-state index in [9.17, 15) is 0 Å². The van der Waals surface area contributed by atoms with Gasteiger partial charge in [-0.05, 0) is 25.2 Å². The first-order valence-corrected chi connectivity index (χ1v) is 9.06. The molecule has 1 saturated heterocycles. The van der Waals surface area contributed by atoms with Crippen molar-refractivity contribution in [3.63, 3.8) is 0 Å². The largest absolute Gasteiger partial charge is 0.365 e. The zero-order valence-corrected chi connectivity index (χ0v) is 14.1. The van der Waals surface area contributed by atoms with Crippen LogP contribution >= 0.6 is 0 Å². The van der Waals surface area contributed by atoms with Gasteiger partial charge >= 0.3 is 0 Å². The standard InChI is InChI=1S/C19H36O/c1-4-5-6-7-8-9-10-11-15-18-19(20-18)16-13-12-14-17(2)3/h13,16-19H,4-12,14-15H2,1-3H3/t18-,19+/m1/s1. The third kappa shape index (κ3) is 9.58. The van der Waals surface area contributed by atoms with Crippen molar-refractivity contribution in [3.8, 4) is 0 Å². The highest BCUT2D eigenvalue weighted by atomic mass is 16.6. The second kappa shape index (κ2) is 11.4. The Kier molecular flexibility index (Phi) is 10.1. The van der Waals surface area contributed by atoms with Crippen LogP contribution in [-0.4, -0.2) is 12.2 Å². The van der Waals surface area contributed by atoms with Crippen molar-refractivity contribution >= 4 is 0 Å². The molecule has 1 nitrogen and oxygen atoms in total. The lowest BCUT2D eigenvalue weighted by Crippen LogP contribution is -1.91. The molecule has 0 aromatic rings. The lowest BCUT2D eigenvalue weighted by molar-refractivity contribution is 0.372. The van der Waals surface area contributed by atoms with E-state index in [0.717, 1.165) is 5.92 Å². The molecule has 20 heavy (non-hydrogen) atoms. The van der Waals surface area contributed by atoms with Crippen LogP contribution in [-0.2, 0) is 4.74 Å². The van der Waals surface area contributed by atoms with Crippen LogP contribution in [0.25, 0.3) is 0 Å². The van der Waals surface area contributed by atoms with Gasteiger partial charge in [-0.1, -0.05) is 84.3 Å². The first-order chi connectivity index (χ1) is 9.74. The molecular formula is C19H36O. The molecule has 1 fully saturated rings. The molecule has 0 amide bonds. The second-order valence-electron chi connectivity index (χ2n) is 6.80. The fraction of sp³-hybridized carbons (Fsp3) is 0.895. The number of hydrogen-bond donors (Lipinski definition) is 0. The van der Waals surface area contributed by atoms with Gasteiger partial charge in [-0.3, -0.25) is 0 Å². The maximum atomic E-state index is 5.70. The summed E-state index contributed by atoms with van der Waals surface area (Å²) >= 11 is 0. The molecule has 1 heterocycles. The topological polar surface area (TPSA) is 12.5 Å². The van der Waals surface area contributed by atoms with E-state index in [1.165, 1.54) is 70.6 Å². The molecule has 1 aliphatic rings. The van der Waals surface area contributed by atoms with Crippen LogP contribution < -0.4 is 0 Å². The summed E-state index contributed by atoms with van der Waals surface area (Å²) in [7, 11) is 0. The Morgan fingerprint density at radius 1 is 0.950 bits per heavy atom. The van der Waals surface area contributed by atoms with E-state index in [4.69, 9.17) is 4.74 Å². The average Bonchev–Trinajstić information content (AvgIpc) is 3.16. The predicted octanol–water partition coefficient (Wildman–Crippen LogP) is 6.28. The quantitative estimate of drug-likeness (QED) is 0.220. The average molecular weight is 280 g/mol. The van der Waals surface area contributed by atoms with E-state index in [2.05, 4.69) is 32.9 Å². The van der Waals surface area contributed by atoms with E-state index >= 15 is 0 Å². The van der Waals surface area contributed by atoms with Crippen LogP contribution in [0.15, 0.2) is 12.2 Å². The molecule has 0 spiro atoms. The summed E-state index contributed by atoms with van der Waals surface area (Å²) < 4.78 is 5.70. The molecule has 1 rings (SSSR count). The van der Waals surface area contributed by atoms with Gasteiger partial charge in [0.25, 0.3) is 0 Å². The number of rotatable bonds is 13. The van der Waals surface area contributed by atoms with Gasteiger partial charge in [-0.15, -0.1) is 0 Å². The molecule has 0 aromatic heterocycles. The van der Waals surface area contributed by atoms with Crippen molar-refractivity contribution in [2.45, 2.75) is 104 Å². The summed E-state index contributed by atoms with van der Waals surface area (Å²) in [6, 6.07) is 0. The molecule has 1 heteroatoms. The lowest BCUT2D eigenvalue weighted by atomic mass is 10.1. The molecule has 1 aliphatic heterocycles. The normalized spacial score (nSPS) is 22.0. The van der Waals surface area contributed by atoms with E-state index in [0.29, 0.717) is 12.2 Å². The summed E-state index contributed by atoms with van der Waals surface area (Å²) in [6.07, 6.45) is 20.6. The Morgan fingerprint density at radius 2 is 1.60 bits per heavy atom. The Labute approximate surface area is 127 Å². The molecule has 2 atom stereocenters. The highest BCUT2D eigenvalue weighted by Gasteiger charge is 2.35. The number of epoxide rings is 1. The molecule has 0 aromatic carbocycles. The van der Waals surface area contributed by atoms with E-state index in [-0.39, 0.29) is 0 Å². The smallest absolute Gasteiger partial charge is 0.102 e. The molecule has 0 aliphatic carbocycles. The van der Waals surface area contributed by atoms with Gasteiger partial charge in [0.2, 0.25) is 0 Å². The minimum Gasteiger partial charge on any atom is -0.365 e. The Bertz CT molecular complexity index is 244. The van der Waals surface area contributed by atoms with Crippen LogP contribution in [0.2, 0.25) is 0 Å². The van der Waals surface area contributed by atoms with E-state index < -0.39 is 0 Å². The van der Waals surface area contributed by atoms with Gasteiger partial charge in [0, 0.05) is 0 Å². The zero-order chi connectivity index (χ0) is 14.6. The van der Waals surface area contributed by atoms with Gasteiger partial charge in [-0.2, -0.15) is 0 Å².